The average Bonchev–Trinajstić information content (AvgIpc) is 2.73. The minimum atomic E-state index is -0.551. The zero-order valence-corrected chi connectivity index (χ0v) is 16.3. The van der Waals surface area contributed by atoms with Gasteiger partial charge in [0.1, 0.15) is 5.69 Å². The maximum Gasteiger partial charge on any atom is 0.267 e. The monoisotopic (exact) mass is 389 g/mol. The van der Waals surface area contributed by atoms with Crippen molar-refractivity contribution in [3.8, 4) is 0 Å². The van der Waals surface area contributed by atoms with E-state index in [2.05, 4.69) is 26.3 Å². The number of hydrogen-bond donors (Lipinski definition) is 3. The lowest BCUT2D eigenvalue weighted by molar-refractivity contribution is 0.0995. The number of H-pyrrole nitrogens is 1. The van der Waals surface area contributed by atoms with E-state index >= 15 is 0 Å². The Balaban J connectivity index is 1.76. The Labute approximate surface area is 168 Å². The molecule has 4 heterocycles. The summed E-state index contributed by atoms with van der Waals surface area (Å²) in [6, 6.07) is 7.34. The van der Waals surface area contributed by atoms with E-state index in [0.717, 1.165) is 41.8 Å². The SMILES string of the molecule is CCc1cc2ncc(Cc3nc(C(N)=O)ccc3C3=CCNCC3)cc2[nH]c1=O. The first-order valence-electron chi connectivity index (χ1n) is 9.76. The van der Waals surface area contributed by atoms with E-state index in [1.54, 1.807) is 12.3 Å². The predicted octanol–water partition coefficient (Wildman–Crippen LogP) is 1.95. The Morgan fingerprint density at radius 1 is 1.28 bits per heavy atom. The van der Waals surface area contributed by atoms with E-state index in [0.29, 0.717) is 23.9 Å². The van der Waals surface area contributed by atoms with Crippen molar-refractivity contribution in [2.45, 2.75) is 26.2 Å². The molecule has 0 atom stereocenters. The molecule has 0 radical (unpaired) electrons. The Kier molecular flexibility index (Phi) is 5.22. The summed E-state index contributed by atoms with van der Waals surface area (Å²) >= 11 is 0. The van der Waals surface area contributed by atoms with Crippen LogP contribution in [0.3, 0.4) is 0 Å². The van der Waals surface area contributed by atoms with Gasteiger partial charge in [-0.05, 0) is 54.3 Å². The molecule has 3 aromatic heterocycles. The summed E-state index contributed by atoms with van der Waals surface area (Å²) < 4.78 is 0. The van der Waals surface area contributed by atoms with Crippen molar-refractivity contribution in [1.82, 2.24) is 20.3 Å². The van der Waals surface area contributed by atoms with Crippen LogP contribution in [0.25, 0.3) is 16.6 Å². The summed E-state index contributed by atoms with van der Waals surface area (Å²) in [6.07, 6.45) is 5.98. The van der Waals surface area contributed by atoms with Gasteiger partial charge < -0.3 is 16.0 Å². The number of carbonyl (C=O) groups excluding carboxylic acids is 1. The third-order valence-electron chi connectivity index (χ3n) is 5.21. The van der Waals surface area contributed by atoms with E-state index in [1.807, 2.05) is 25.1 Å². The van der Waals surface area contributed by atoms with Gasteiger partial charge in [0.15, 0.2) is 0 Å². The number of carbonyl (C=O) groups is 1. The van der Waals surface area contributed by atoms with Crippen LogP contribution in [0.2, 0.25) is 0 Å². The highest BCUT2D eigenvalue weighted by atomic mass is 16.1. The number of aromatic nitrogens is 3. The maximum absolute atomic E-state index is 12.2. The van der Waals surface area contributed by atoms with Gasteiger partial charge in [-0.2, -0.15) is 0 Å². The summed E-state index contributed by atoms with van der Waals surface area (Å²) in [5.41, 5.74) is 11.7. The Morgan fingerprint density at radius 2 is 2.14 bits per heavy atom. The van der Waals surface area contributed by atoms with Crippen LogP contribution >= 0.6 is 0 Å². The lowest BCUT2D eigenvalue weighted by atomic mass is 9.95. The lowest BCUT2D eigenvalue weighted by Gasteiger charge is -2.17. The first kappa shape index (κ1) is 19.0. The molecule has 0 saturated heterocycles. The number of nitrogens with one attached hydrogen (secondary N) is 2. The topological polar surface area (TPSA) is 114 Å². The van der Waals surface area contributed by atoms with Crippen LogP contribution in [0.15, 0.2) is 41.3 Å². The second kappa shape index (κ2) is 7.97. The molecule has 0 spiro atoms. The number of aryl methyl sites for hydroxylation is 1. The van der Waals surface area contributed by atoms with E-state index in [4.69, 9.17) is 5.73 Å². The van der Waals surface area contributed by atoms with Gasteiger partial charge in [-0.25, -0.2) is 4.98 Å². The molecule has 0 aromatic carbocycles. The highest BCUT2D eigenvalue weighted by molar-refractivity contribution is 5.91. The molecule has 0 saturated carbocycles. The Hall–Kier alpha value is -3.32. The van der Waals surface area contributed by atoms with E-state index < -0.39 is 5.91 Å². The van der Waals surface area contributed by atoms with Crippen LogP contribution in [0.4, 0.5) is 0 Å². The molecule has 1 amide bonds. The fourth-order valence-corrected chi connectivity index (χ4v) is 3.65. The molecular formula is C22H23N5O2. The largest absolute Gasteiger partial charge is 0.364 e. The normalized spacial score (nSPS) is 14.0. The van der Waals surface area contributed by atoms with Gasteiger partial charge in [0.25, 0.3) is 11.5 Å². The fourth-order valence-electron chi connectivity index (χ4n) is 3.65. The first-order chi connectivity index (χ1) is 14.0. The van der Waals surface area contributed by atoms with E-state index in [1.165, 1.54) is 5.57 Å². The Morgan fingerprint density at radius 3 is 2.86 bits per heavy atom. The van der Waals surface area contributed by atoms with Crippen molar-refractivity contribution < 1.29 is 4.79 Å². The number of aromatic amines is 1. The molecule has 7 heteroatoms. The van der Waals surface area contributed by atoms with Gasteiger partial charge in [-0.3, -0.25) is 14.6 Å². The van der Waals surface area contributed by atoms with Gasteiger partial charge in [0, 0.05) is 24.7 Å². The van der Waals surface area contributed by atoms with Crippen LogP contribution in [0, 0.1) is 0 Å². The van der Waals surface area contributed by atoms with E-state index in [-0.39, 0.29) is 11.3 Å². The molecule has 148 valence electrons. The second-order valence-electron chi connectivity index (χ2n) is 7.17. The highest BCUT2D eigenvalue weighted by Crippen LogP contribution is 2.25. The number of amides is 1. The van der Waals surface area contributed by atoms with Crippen molar-refractivity contribution in [2.24, 2.45) is 5.73 Å². The quantitative estimate of drug-likeness (QED) is 0.617. The van der Waals surface area contributed by atoms with Crippen LogP contribution in [0.5, 0.6) is 0 Å². The van der Waals surface area contributed by atoms with Crippen molar-refractivity contribution in [3.63, 3.8) is 0 Å². The summed E-state index contributed by atoms with van der Waals surface area (Å²) in [5.74, 6) is -0.551. The first-order valence-corrected chi connectivity index (χ1v) is 9.76. The molecule has 4 rings (SSSR count). The molecule has 0 unspecified atom stereocenters. The van der Waals surface area contributed by atoms with Gasteiger partial charge >= 0.3 is 0 Å². The summed E-state index contributed by atoms with van der Waals surface area (Å²) in [5, 5.41) is 3.30. The molecular weight excluding hydrogens is 366 g/mol. The fraction of sp³-hybridized carbons (Fsp3) is 0.273. The zero-order valence-electron chi connectivity index (χ0n) is 16.3. The lowest BCUT2D eigenvalue weighted by Crippen LogP contribution is -2.21. The zero-order chi connectivity index (χ0) is 20.4. The van der Waals surface area contributed by atoms with Gasteiger partial charge in [-0.1, -0.05) is 19.1 Å². The van der Waals surface area contributed by atoms with Crippen molar-refractivity contribution in [1.29, 1.82) is 0 Å². The van der Waals surface area contributed by atoms with Crippen LogP contribution < -0.4 is 16.6 Å². The van der Waals surface area contributed by atoms with Gasteiger partial charge in [0.2, 0.25) is 0 Å². The molecule has 1 aliphatic rings. The standard InChI is InChI=1S/C22H23N5O2/c1-2-14-11-19-20(27-22(14)29)10-13(12-25-19)9-18-16(15-5-7-24-8-6-15)3-4-17(26-18)21(23)28/h3-5,10-12,24H,2,6-9H2,1H3,(H2,23,28)(H,27,29). The number of hydrogen-bond acceptors (Lipinski definition) is 5. The van der Waals surface area contributed by atoms with E-state index in [9.17, 15) is 9.59 Å². The van der Waals surface area contributed by atoms with Crippen LogP contribution in [-0.4, -0.2) is 33.9 Å². The smallest absolute Gasteiger partial charge is 0.267 e. The molecule has 4 N–H and O–H groups in total. The minimum absolute atomic E-state index is 0.0895. The summed E-state index contributed by atoms with van der Waals surface area (Å²) in [7, 11) is 0. The second-order valence-corrected chi connectivity index (χ2v) is 7.17. The van der Waals surface area contributed by atoms with Gasteiger partial charge in [-0.15, -0.1) is 0 Å². The number of primary amides is 1. The van der Waals surface area contributed by atoms with Crippen LogP contribution in [0.1, 0.15) is 46.2 Å². The molecule has 7 nitrogen and oxygen atoms in total. The van der Waals surface area contributed by atoms with Gasteiger partial charge in [0.05, 0.1) is 16.7 Å². The summed E-state index contributed by atoms with van der Waals surface area (Å²) in [6.45, 7) is 3.66. The third kappa shape index (κ3) is 3.95. The number of pyridine rings is 3. The maximum atomic E-state index is 12.2. The molecule has 0 bridgehead atoms. The number of rotatable bonds is 5. The Bertz CT molecular complexity index is 1180. The number of fused-ring (bicyclic) bond motifs is 1. The predicted molar refractivity (Wildman–Crippen MR) is 113 cm³/mol. The molecule has 29 heavy (non-hydrogen) atoms. The molecule has 1 aliphatic heterocycles. The number of nitrogens with zero attached hydrogens (tertiary/aromatic N) is 2. The summed E-state index contributed by atoms with van der Waals surface area (Å²) in [4.78, 5) is 35.8. The molecule has 0 fully saturated rings. The van der Waals surface area contributed by atoms with Crippen molar-refractivity contribution in [3.05, 3.63) is 75.0 Å². The molecule has 0 aliphatic carbocycles. The average molecular weight is 389 g/mol. The van der Waals surface area contributed by atoms with Crippen molar-refractivity contribution in [2.75, 3.05) is 13.1 Å². The van der Waals surface area contributed by atoms with Crippen molar-refractivity contribution >= 4 is 22.5 Å². The minimum Gasteiger partial charge on any atom is -0.364 e. The third-order valence-corrected chi connectivity index (χ3v) is 5.21. The highest BCUT2D eigenvalue weighted by Gasteiger charge is 2.15. The molecule has 3 aromatic rings. The van der Waals surface area contributed by atoms with Crippen LogP contribution in [-0.2, 0) is 12.8 Å². The number of nitrogens with two attached hydrogens (primary N) is 1.